The van der Waals surface area contributed by atoms with Crippen LogP contribution in [0.1, 0.15) is 27.9 Å². The minimum atomic E-state index is -4.72. The molecule has 1 heterocycles. The fraction of sp³-hybridized carbons (Fsp3) is 0.226. The van der Waals surface area contributed by atoms with E-state index in [9.17, 15) is 22.8 Å². The molecule has 0 radical (unpaired) electrons. The van der Waals surface area contributed by atoms with Gasteiger partial charge in [0.2, 0.25) is 5.91 Å². The van der Waals surface area contributed by atoms with Gasteiger partial charge < -0.3 is 10.2 Å². The van der Waals surface area contributed by atoms with E-state index in [-0.39, 0.29) is 34.5 Å². The Morgan fingerprint density at radius 1 is 1.02 bits per heavy atom. The summed E-state index contributed by atoms with van der Waals surface area (Å²) in [6, 6.07) is 19.9. The molecule has 0 saturated carbocycles. The molecule has 7 nitrogen and oxygen atoms in total. The van der Waals surface area contributed by atoms with E-state index in [1.54, 1.807) is 14.1 Å². The van der Waals surface area contributed by atoms with Gasteiger partial charge >= 0.3 is 6.18 Å². The fourth-order valence-corrected chi connectivity index (χ4v) is 5.77. The van der Waals surface area contributed by atoms with Gasteiger partial charge in [0.25, 0.3) is 5.91 Å². The van der Waals surface area contributed by atoms with Crippen LogP contribution in [0.25, 0.3) is 10.9 Å². The highest BCUT2D eigenvalue weighted by Gasteiger charge is 2.35. The number of nitrogens with zero attached hydrogens (tertiary/aromatic N) is 3. The maximum absolute atomic E-state index is 14.3. The van der Waals surface area contributed by atoms with Crippen LogP contribution in [0.2, 0.25) is 0 Å². The molecule has 1 unspecified atom stereocenters. The number of alkyl halides is 3. The molecule has 0 bridgehead atoms. The Bertz CT molecular complexity index is 1610. The second kappa shape index (κ2) is 14.4. The topological polar surface area (TPSA) is 86.7 Å². The van der Waals surface area contributed by atoms with Crippen molar-refractivity contribution in [3.05, 3.63) is 95.7 Å². The van der Waals surface area contributed by atoms with Crippen molar-refractivity contribution in [3.8, 4) is 0 Å². The third-order valence-electron chi connectivity index (χ3n) is 6.42. The number of anilines is 1. The summed E-state index contributed by atoms with van der Waals surface area (Å²) < 4.78 is 42.8. The number of rotatable bonds is 11. The van der Waals surface area contributed by atoms with Gasteiger partial charge in [-0.15, -0.1) is 23.5 Å². The zero-order valence-corrected chi connectivity index (χ0v) is 25.3. The molecule has 2 amide bonds. The summed E-state index contributed by atoms with van der Waals surface area (Å²) in [6.07, 6.45) is -0.131. The van der Waals surface area contributed by atoms with Gasteiger partial charge in [-0.05, 0) is 36.6 Å². The smallest absolute Gasteiger partial charge is 0.380 e. The molecule has 0 aliphatic rings. The largest absolute Gasteiger partial charge is 0.417 e. The van der Waals surface area contributed by atoms with Crippen LogP contribution in [0.5, 0.6) is 0 Å². The van der Waals surface area contributed by atoms with Crippen LogP contribution in [0.3, 0.4) is 0 Å². The van der Waals surface area contributed by atoms with Crippen LogP contribution >= 0.6 is 23.5 Å². The maximum atomic E-state index is 14.3. The molecular formula is C31H30F3N5O2S2. The van der Waals surface area contributed by atoms with Crippen LogP contribution in [-0.2, 0) is 11.0 Å². The van der Waals surface area contributed by atoms with Gasteiger partial charge in [0.05, 0.1) is 28.5 Å². The van der Waals surface area contributed by atoms with E-state index in [1.165, 1.54) is 53.0 Å². The third-order valence-corrected chi connectivity index (χ3v) is 8.40. The molecule has 0 fully saturated rings. The molecule has 1 aromatic heterocycles. The summed E-state index contributed by atoms with van der Waals surface area (Å²) in [5, 5.41) is 6.95. The number of hydrogen-bond donors (Lipinski definition) is 2. The van der Waals surface area contributed by atoms with Crippen LogP contribution in [0, 0.1) is 0 Å². The number of carbonyl (C=O) groups is 2. The first-order valence-corrected chi connectivity index (χ1v) is 15.4. The highest BCUT2D eigenvalue weighted by atomic mass is 32.2. The second-order valence-electron chi connectivity index (χ2n) is 9.64. The van der Waals surface area contributed by atoms with Gasteiger partial charge in [-0.2, -0.15) is 18.3 Å². The number of fused-ring (bicyclic) bond motifs is 1. The number of hydrogen-bond acceptors (Lipinski definition) is 7. The molecule has 43 heavy (non-hydrogen) atoms. The van der Waals surface area contributed by atoms with Crippen LogP contribution < -0.4 is 10.7 Å². The van der Waals surface area contributed by atoms with Crippen LogP contribution in [-0.4, -0.2) is 60.1 Å². The van der Waals surface area contributed by atoms with E-state index in [1.807, 2.05) is 60.9 Å². The highest BCUT2D eigenvalue weighted by molar-refractivity contribution is 7.99. The predicted octanol–water partition coefficient (Wildman–Crippen LogP) is 6.79. The van der Waals surface area contributed by atoms with Gasteiger partial charge in [0, 0.05) is 59.2 Å². The molecule has 0 aliphatic carbocycles. The van der Waals surface area contributed by atoms with Gasteiger partial charge in [-0.25, -0.2) is 5.43 Å². The second-order valence-corrected chi connectivity index (χ2v) is 11.6. The Kier molecular flexibility index (Phi) is 10.7. The quantitative estimate of drug-likeness (QED) is 0.108. The van der Waals surface area contributed by atoms with Gasteiger partial charge in [0.15, 0.2) is 0 Å². The third kappa shape index (κ3) is 8.29. The summed E-state index contributed by atoms with van der Waals surface area (Å²) in [7, 11) is 3.22. The van der Waals surface area contributed by atoms with Crippen molar-refractivity contribution in [1.29, 1.82) is 0 Å². The lowest BCUT2D eigenvalue weighted by Gasteiger charge is -2.24. The first kappa shape index (κ1) is 31.9. The van der Waals surface area contributed by atoms with E-state index in [0.29, 0.717) is 5.75 Å². The molecule has 12 heteroatoms. The summed E-state index contributed by atoms with van der Waals surface area (Å²) in [5.41, 5.74) is 2.11. The monoisotopic (exact) mass is 625 g/mol. The number of thioether (sulfide) groups is 2. The summed E-state index contributed by atoms with van der Waals surface area (Å²) in [5.74, 6) is -0.629. The highest BCUT2D eigenvalue weighted by Crippen LogP contribution is 2.39. The van der Waals surface area contributed by atoms with Crippen molar-refractivity contribution < 1.29 is 22.8 Å². The molecule has 0 aliphatic heterocycles. The van der Waals surface area contributed by atoms with Crippen molar-refractivity contribution in [2.45, 2.75) is 28.4 Å². The van der Waals surface area contributed by atoms with Crippen molar-refractivity contribution in [2.75, 3.05) is 31.4 Å². The average molecular weight is 626 g/mol. The van der Waals surface area contributed by atoms with E-state index in [4.69, 9.17) is 0 Å². The lowest BCUT2D eigenvalue weighted by atomic mass is 10.0. The number of pyridine rings is 1. The van der Waals surface area contributed by atoms with E-state index < -0.39 is 23.7 Å². The molecule has 2 N–H and O–H groups in total. The molecule has 0 saturated heterocycles. The molecule has 1 atom stereocenters. The first-order chi connectivity index (χ1) is 20.6. The van der Waals surface area contributed by atoms with Gasteiger partial charge in [-0.1, -0.05) is 42.5 Å². The maximum Gasteiger partial charge on any atom is 0.417 e. The number of benzene rings is 3. The first-order valence-electron chi connectivity index (χ1n) is 13.2. The number of halogens is 3. The number of amides is 2. The molecule has 0 spiro atoms. The molecule has 4 rings (SSSR count). The summed E-state index contributed by atoms with van der Waals surface area (Å²) in [4.78, 5) is 33.7. The Balaban J connectivity index is 1.76. The van der Waals surface area contributed by atoms with Gasteiger partial charge in [-0.3, -0.25) is 14.6 Å². The van der Waals surface area contributed by atoms with Crippen molar-refractivity contribution in [1.82, 2.24) is 15.3 Å². The SMILES string of the molecule is CSc1ccccc1/C=N/NC(=O)c1cnc2cccc(C(F)(F)F)c2c1NC(CSc1ccccc1)CC(=O)N(C)C. The van der Waals surface area contributed by atoms with Crippen molar-refractivity contribution in [2.24, 2.45) is 5.10 Å². The minimum absolute atomic E-state index is 0.0183. The Morgan fingerprint density at radius 3 is 2.44 bits per heavy atom. The lowest BCUT2D eigenvalue weighted by molar-refractivity contribution is -0.136. The molecule has 224 valence electrons. The van der Waals surface area contributed by atoms with Crippen LogP contribution in [0.15, 0.2) is 93.9 Å². The number of nitrogens with one attached hydrogen (secondary N) is 2. The summed E-state index contributed by atoms with van der Waals surface area (Å²) in [6.45, 7) is 0. The van der Waals surface area contributed by atoms with Gasteiger partial charge in [0.1, 0.15) is 0 Å². The van der Waals surface area contributed by atoms with E-state index in [2.05, 4.69) is 20.8 Å². The van der Waals surface area contributed by atoms with Crippen molar-refractivity contribution >= 4 is 58.1 Å². The lowest BCUT2D eigenvalue weighted by Crippen LogP contribution is -2.33. The van der Waals surface area contributed by atoms with E-state index >= 15 is 0 Å². The predicted molar refractivity (Wildman–Crippen MR) is 168 cm³/mol. The molecule has 4 aromatic rings. The number of hydrazone groups is 1. The Hall–Kier alpha value is -4.03. The molecule has 3 aromatic carbocycles. The molecular weight excluding hydrogens is 596 g/mol. The van der Waals surface area contributed by atoms with E-state index in [0.717, 1.165) is 21.4 Å². The Labute approximate surface area is 256 Å². The Morgan fingerprint density at radius 2 is 1.74 bits per heavy atom. The number of aromatic nitrogens is 1. The fourth-order valence-electron chi connectivity index (χ4n) is 4.26. The minimum Gasteiger partial charge on any atom is -0.380 e. The average Bonchev–Trinajstić information content (AvgIpc) is 2.99. The van der Waals surface area contributed by atoms with Crippen molar-refractivity contribution in [3.63, 3.8) is 0 Å². The zero-order chi connectivity index (χ0) is 31.0. The normalized spacial score (nSPS) is 12.3. The zero-order valence-electron chi connectivity index (χ0n) is 23.7. The number of carbonyl (C=O) groups excluding carboxylic acids is 2. The standard InChI is InChI=1S/C31H30F3N5O2S2/c1-39(2)27(40)16-21(19-43-22-11-5-4-6-12-22)37-29-23(18-35-25-14-9-13-24(28(25)29)31(32,33)34)30(41)38-36-17-20-10-7-8-15-26(20)42-3/h4-15,17-18,21H,16,19H2,1-3H3,(H,35,37)(H,38,41)/b36-17+. The summed E-state index contributed by atoms with van der Waals surface area (Å²) >= 11 is 2.96. The van der Waals surface area contributed by atoms with Crippen LogP contribution in [0.4, 0.5) is 18.9 Å².